The Morgan fingerprint density at radius 1 is 1.28 bits per heavy atom. The van der Waals surface area contributed by atoms with Crippen molar-refractivity contribution in [1.29, 1.82) is 0 Å². The van der Waals surface area contributed by atoms with Gasteiger partial charge < -0.3 is 14.5 Å². The fourth-order valence-electron chi connectivity index (χ4n) is 2.52. The molecule has 2 fully saturated rings. The summed E-state index contributed by atoms with van der Waals surface area (Å²) in [5, 5.41) is 11.8. The quantitative estimate of drug-likeness (QED) is 0.833. The Kier molecular flexibility index (Phi) is 3.61. The molecule has 3 rings (SSSR count). The summed E-state index contributed by atoms with van der Waals surface area (Å²) in [5.41, 5.74) is 0. The molecule has 1 aliphatic heterocycles. The van der Waals surface area contributed by atoms with Crippen molar-refractivity contribution >= 4 is 0 Å². The van der Waals surface area contributed by atoms with Crippen molar-refractivity contribution in [1.82, 2.24) is 15.5 Å². The summed E-state index contributed by atoms with van der Waals surface area (Å²) in [6.45, 7) is 3.88. The maximum absolute atomic E-state index is 5.76. The van der Waals surface area contributed by atoms with E-state index in [9.17, 15) is 0 Å². The van der Waals surface area contributed by atoms with Gasteiger partial charge in [0.05, 0.1) is 12.0 Å². The monoisotopic (exact) mass is 251 g/mol. The second kappa shape index (κ2) is 5.36. The Hall–Kier alpha value is -0.940. The van der Waals surface area contributed by atoms with Crippen LogP contribution >= 0.6 is 0 Å². The van der Waals surface area contributed by atoms with Gasteiger partial charge in [-0.3, -0.25) is 0 Å². The van der Waals surface area contributed by atoms with Gasteiger partial charge in [-0.1, -0.05) is 6.92 Å². The molecule has 1 aliphatic carbocycles. The zero-order valence-electron chi connectivity index (χ0n) is 10.9. The molecule has 1 aromatic rings. The molecule has 1 saturated carbocycles. The van der Waals surface area contributed by atoms with Crippen molar-refractivity contribution in [3.63, 3.8) is 0 Å². The van der Waals surface area contributed by atoms with Gasteiger partial charge in [0.15, 0.2) is 0 Å². The molecule has 1 saturated heterocycles. The highest BCUT2D eigenvalue weighted by Crippen LogP contribution is 2.32. The van der Waals surface area contributed by atoms with Gasteiger partial charge in [-0.05, 0) is 25.7 Å². The zero-order valence-corrected chi connectivity index (χ0v) is 10.9. The van der Waals surface area contributed by atoms with Crippen LogP contribution < -0.4 is 5.32 Å². The number of hydrogen-bond acceptors (Lipinski definition) is 5. The van der Waals surface area contributed by atoms with Crippen LogP contribution in [0, 0.1) is 0 Å². The first-order valence-electron chi connectivity index (χ1n) is 7.04. The third-order valence-electron chi connectivity index (χ3n) is 3.76. The number of aromatic nitrogens is 2. The summed E-state index contributed by atoms with van der Waals surface area (Å²) < 4.78 is 11.4. The van der Waals surface area contributed by atoms with Crippen LogP contribution in [0.2, 0.25) is 0 Å². The first-order valence-corrected chi connectivity index (χ1v) is 7.04. The highest BCUT2D eigenvalue weighted by Gasteiger charge is 2.32. The van der Waals surface area contributed by atoms with E-state index in [1.54, 1.807) is 0 Å². The van der Waals surface area contributed by atoms with Gasteiger partial charge in [0.25, 0.3) is 0 Å². The molecule has 100 valence electrons. The second-order valence-corrected chi connectivity index (χ2v) is 5.23. The minimum atomic E-state index is 0.253. The minimum Gasteiger partial charge on any atom is -0.425 e. The van der Waals surface area contributed by atoms with E-state index in [0.29, 0.717) is 5.92 Å². The first-order chi connectivity index (χ1) is 8.86. The summed E-state index contributed by atoms with van der Waals surface area (Å²) in [6, 6.07) is 0.736. The van der Waals surface area contributed by atoms with Crippen molar-refractivity contribution in [3.8, 4) is 0 Å². The van der Waals surface area contributed by atoms with Crippen molar-refractivity contribution in [3.05, 3.63) is 11.8 Å². The number of ether oxygens (including phenoxy) is 1. The van der Waals surface area contributed by atoms with Gasteiger partial charge in [-0.25, -0.2) is 0 Å². The molecule has 1 aromatic heterocycles. The molecule has 2 aliphatic rings. The molecule has 2 atom stereocenters. The lowest BCUT2D eigenvalue weighted by atomic mass is 10.00. The third kappa shape index (κ3) is 2.72. The molecule has 2 unspecified atom stereocenters. The Morgan fingerprint density at radius 3 is 2.94 bits per heavy atom. The van der Waals surface area contributed by atoms with Crippen LogP contribution in [0.25, 0.3) is 0 Å². The van der Waals surface area contributed by atoms with E-state index < -0.39 is 0 Å². The Labute approximate surface area is 107 Å². The van der Waals surface area contributed by atoms with E-state index in [-0.39, 0.29) is 6.10 Å². The zero-order chi connectivity index (χ0) is 12.4. The van der Waals surface area contributed by atoms with Crippen molar-refractivity contribution in [2.45, 2.75) is 57.1 Å². The normalized spacial score (nSPS) is 27.8. The largest absolute Gasteiger partial charge is 0.425 e. The standard InChI is InChI=1S/C13H21N3O2/c1-2-11-10(6-8-17-11)13-16-15-12(18-13)5-7-14-9-3-4-9/h9-11,14H,2-8H2,1H3. The summed E-state index contributed by atoms with van der Waals surface area (Å²) >= 11 is 0. The smallest absolute Gasteiger partial charge is 0.222 e. The van der Waals surface area contributed by atoms with Crippen LogP contribution in [0.5, 0.6) is 0 Å². The Bertz CT molecular complexity index is 389. The fraction of sp³-hybridized carbons (Fsp3) is 0.846. The van der Waals surface area contributed by atoms with E-state index in [1.807, 2.05) is 0 Å². The predicted octanol–water partition coefficient (Wildman–Crippen LogP) is 1.65. The molecule has 18 heavy (non-hydrogen) atoms. The Morgan fingerprint density at radius 2 is 2.17 bits per heavy atom. The van der Waals surface area contributed by atoms with E-state index in [2.05, 4.69) is 22.4 Å². The van der Waals surface area contributed by atoms with Gasteiger partial charge >= 0.3 is 0 Å². The van der Waals surface area contributed by atoms with Crippen LogP contribution in [0.3, 0.4) is 0 Å². The Balaban J connectivity index is 1.54. The summed E-state index contributed by atoms with van der Waals surface area (Å²) in [7, 11) is 0. The average molecular weight is 251 g/mol. The highest BCUT2D eigenvalue weighted by molar-refractivity contribution is 4.98. The van der Waals surface area contributed by atoms with Crippen molar-refractivity contribution in [2.75, 3.05) is 13.2 Å². The highest BCUT2D eigenvalue weighted by atomic mass is 16.5. The molecular formula is C13H21N3O2. The van der Waals surface area contributed by atoms with Crippen LogP contribution in [0.15, 0.2) is 4.42 Å². The van der Waals surface area contributed by atoms with E-state index in [0.717, 1.165) is 50.2 Å². The van der Waals surface area contributed by atoms with Crippen molar-refractivity contribution < 1.29 is 9.15 Å². The van der Waals surface area contributed by atoms with Gasteiger partial charge in [-0.2, -0.15) is 0 Å². The van der Waals surface area contributed by atoms with Crippen LogP contribution in [0.1, 0.15) is 50.3 Å². The molecule has 0 radical (unpaired) electrons. The van der Waals surface area contributed by atoms with Gasteiger partial charge in [-0.15, -0.1) is 10.2 Å². The van der Waals surface area contributed by atoms with Crippen LogP contribution in [0.4, 0.5) is 0 Å². The minimum absolute atomic E-state index is 0.253. The summed E-state index contributed by atoms with van der Waals surface area (Å²) in [4.78, 5) is 0. The van der Waals surface area contributed by atoms with Crippen LogP contribution in [-0.2, 0) is 11.2 Å². The predicted molar refractivity (Wildman–Crippen MR) is 66.4 cm³/mol. The number of hydrogen-bond donors (Lipinski definition) is 1. The van der Waals surface area contributed by atoms with E-state index in [1.165, 1.54) is 12.8 Å². The number of nitrogens with zero attached hydrogens (tertiary/aromatic N) is 2. The maximum atomic E-state index is 5.76. The average Bonchev–Trinajstić information content (AvgIpc) is 2.92. The van der Waals surface area contributed by atoms with Gasteiger partial charge in [0.2, 0.25) is 11.8 Å². The van der Waals surface area contributed by atoms with Gasteiger partial charge in [0.1, 0.15) is 0 Å². The lowest BCUT2D eigenvalue weighted by molar-refractivity contribution is 0.0963. The lowest BCUT2D eigenvalue weighted by Gasteiger charge is -2.12. The fourth-order valence-corrected chi connectivity index (χ4v) is 2.52. The molecule has 5 nitrogen and oxygen atoms in total. The van der Waals surface area contributed by atoms with E-state index >= 15 is 0 Å². The molecular weight excluding hydrogens is 230 g/mol. The second-order valence-electron chi connectivity index (χ2n) is 5.23. The van der Waals surface area contributed by atoms with Gasteiger partial charge in [0, 0.05) is 25.6 Å². The van der Waals surface area contributed by atoms with Crippen molar-refractivity contribution in [2.24, 2.45) is 0 Å². The molecule has 2 heterocycles. The molecule has 0 spiro atoms. The first kappa shape index (κ1) is 12.1. The van der Waals surface area contributed by atoms with Crippen LogP contribution in [-0.4, -0.2) is 35.5 Å². The topological polar surface area (TPSA) is 60.2 Å². The summed E-state index contributed by atoms with van der Waals surface area (Å²) in [6.07, 6.45) is 5.71. The SMILES string of the molecule is CCC1OCCC1c1nnc(CCNC2CC2)o1. The molecule has 0 bridgehead atoms. The maximum Gasteiger partial charge on any atom is 0.222 e. The molecule has 0 aromatic carbocycles. The number of rotatable bonds is 6. The molecule has 0 amide bonds. The summed E-state index contributed by atoms with van der Waals surface area (Å²) in [5.74, 6) is 1.81. The third-order valence-corrected chi connectivity index (χ3v) is 3.76. The molecule has 1 N–H and O–H groups in total. The lowest BCUT2D eigenvalue weighted by Crippen LogP contribution is -2.19. The van der Waals surface area contributed by atoms with E-state index in [4.69, 9.17) is 9.15 Å². The number of nitrogens with one attached hydrogen (secondary N) is 1. The molecule has 5 heteroatoms.